The van der Waals surface area contributed by atoms with Crippen LogP contribution in [0.25, 0.3) is 0 Å². The van der Waals surface area contributed by atoms with Gasteiger partial charge in [0, 0.05) is 70.5 Å². The molecule has 2 aliphatic heterocycles. The number of amides is 2. The van der Waals surface area contributed by atoms with E-state index in [1.165, 1.54) is 0 Å². The molecule has 7 heteroatoms. The first-order chi connectivity index (χ1) is 12.1. The molecule has 138 valence electrons. The Bertz CT molecular complexity index is 594. The Labute approximate surface area is 149 Å². The lowest BCUT2D eigenvalue weighted by molar-refractivity contribution is 0.179. The molecule has 2 fully saturated rings. The van der Waals surface area contributed by atoms with Crippen LogP contribution < -0.4 is 5.32 Å². The van der Waals surface area contributed by atoms with Crippen molar-refractivity contribution in [3.63, 3.8) is 0 Å². The van der Waals surface area contributed by atoms with Crippen LogP contribution in [0.5, 0.6) is 0 Å². The second-order valence-electron chi connectivity index (χ2n) is 7.21. The first kappa shape index (κ1) is 17.9. The van der Waals surface area contributed by atoms with E-state index < -0.39 is 0 Å². The van der Waals surface area contributed by atoms with Crippen LogP contribution >= 0.6 is 0 Å². The summed E-state index contributed by atoms with van der Waals surface area (Å²) in [5, 5.41) is 17.1. The van der Waals surface area contributed by atoms with E-state index in [2.05, 4.69) is 21.9 Å². The predicted molar refractivity (Wildman–Crippen MR) is 96.3 cm³/mol. The van der Waals surface area contributed by atoms with Crippen molar-refractivity contribution in [3.8, 4) is 0 Å². The summed E-state index contributed by atoms with van der Waals surface area (Å²) < 4.78 is 1.77. The average Bonchev–Trinajstić information content (AvgIpc) is 3.22. The third-order valence-corrected chi connectivity index (χ3v) is 5.42. The molecule has 0 saturated carbocycles. The Kier molecular flexibility index (Phi) is 5.75. The number of nitrogens with one attached hydrogen (secondary N) is 1. The lowest BCUT2D eigenvalue weighted by Crippen LogP contribution is -2.48. The molecule has 3 rings (SSSR count). The van der Waals surface area contributed by atoms with Crippen LogP contribution in [0.1, 0.15) is 24.3 Å². The summed E-state index contributed by atoms with van der Waals surface area (Å²) in [4.78, 5) is 16.8. The van der Waals surface area contributed by atoms with Gasteiger partial charge in [0.05, 0.1) is 6.20 Å². The highest BCUT2D eigenvalue weighted by Crippen LogP contribution is 2.32. The van der Waals surface area contributed by atoms with Crippen molar-refractivity contribution in [2.45, 2.75) is 24.8 Å². The smallest absolute Gasteiger partial charge is 0.317 e. The lowest BCUT2D eigenvalue weighted by Gasteiger charge is -2.32. The molecule has 0 aliphatic carbocycles. The Morgan fingerprint density at radius 3 is 2.80 bits per heavy atom. The zero-order chi connectivity index (χ0) is 17.8. The molecule has 0 bridgehead atoms. The van der Waals surface area contributed by atoms with E-state index in [4.69, 9.17) is 0 Å². The van der Waals surface area contributed by atoms with Gasteiger partial charge in [0.15, 0.2) is 0 Å². The number of likely N-dealkylation sites (tertiary alicyclic amines) is 2. The number of aliphatic hydroxyl groups is 1. The van der Waals surface area contributed by atoms with Crippen LogP contribution in [0.3, 0.4) is 0 Å². The minimum atomic E-state index is -0.00740. The Morgan fingerprint density at radius 1 is 1.44 bits per heavy atom. The largest absolute Gasteiger partial charge is 0.396 e. The molecule has 1 aromatic heterocycles. The summed E-state index contributed by atoms with van der Waals surface area (Å²) in [5.74, 6) is 0.225. The summed E-state index contributed by atoms with van der Waals surface area (Å²) >= 11 is 0. The third-order valence-electron chi connectivity index (χ3n) is 5.42. The van der Waals surface area contributed by atoms with Gasteiger partial charge in [-0.3, -0.25) is 9.58 Å². The van der Waals surface area contributed by atoms with E-state index >= 15 is 0 Å². The first-order valence-corrected chi connectivity index (χ1v) is 9.08. The number of aryl methyl sites for hydroxylation is 1. The number of piperidine rings is 1. The maximum Gasteiger partial charge on any atom is 0.317 e. The van der Waals surface area contributed by atoms with Crippen molar-refractivity contribution in [2.75, 3.05) is 39.3 Å². The van der Waals surface area contributed by atoms with Crippen molar-refractivity contribution < 1.29 is 9.90 Å². The maximum atomic E-state index is 12.6. The summed E-state index contributed by atoms with van der Waals surface area (Å²) in [6.07, 6.45) is 7.69. The van der Waals surface area contributed by atoms with Gasteiger partial charge in [-0.2, -0.15) is 5.10 Å². The van der Waals surface area contributed by atoms with Gasteiger partial charge in [-0.1, -0.05) is 6.08 Å². The molecular formula is C18H29N5O2. The van der Waals surface area contributed by atoms with E-state index in [9.17, 15) is 9.90 Å². The van der Waals surface area contributed by atoms with Crippen molar-refractivity contribution in [1.29, 1.82) is 0 Å². The lowest BCUT2D eigenvalue weighted by atomic mass is 9.92. The zero-order valence-electron chi connectivity index (χ0n) is 15.0. The topological polar surface area (TPSA) is 73.6 Å². The molecule has 2 aliphatic rings. The number of hydrogen-bond acceptors (Lipinski definition) is 4. The Morgan fingerprint density at radius 2 is 2.20 bits per heavy atom. The molecule has 0 radical (unpaired) electrons. The number of hydrogen-bond donors (Lipinski definition) is 2. The second kappa shape index (κ2) is 8.01. The molecule has 1 aromatic rings. The highest BCUT2D eigenvalue weighted by Gasteiger charge is 2.37. The van der Waals surface area contributed by atoms with Gasteiger partial charge in [-0.25, -0.2) is 4.79 Å². The number of nitrogens with zero attached hydrogens (tertiary/aromatic N) is 4. The summed E-state index contributed by atoms with van der Waals surface area (Å²) in [6.45, 7) is 8.00. The van der Waals surface area contributed by atoms with Crippen LogP contribution in [0.2, 0.25) is 0 Å². The van der Waals surface area contributed by atoms with Gasteiger partial charge < -0.3 is 15.3 Å². The average molecular weight is 347 g/mol. The third kappa shape index (κ3) is 4.22. The van der Waals surface area contributed by atoms with E-state index in [0.717, 1.165) is 38.0 Å². The summed E-state index contributed by atoms with van der Waals surface area (Å²) in [5.41, 5.74) is 1.09. The van der Waals surface area contributed by atoms with Gasteiger partial charge in [0.2, 0.25) is 0 Å². The quantitative estimate of drug-likeness (QED) is 0.773. The van der Waals surface area contributed by atoms with E-state index in [1.54, 1.807) is 4.68 Å². The molecule has 25 heavy (non-hydrogen) atoms. The Hall–Kier alpha value is -1.86. The highest BCUT2D eigenvalue weighted by atomic mass is 16.3. The fourth-order valence-corrected chi connectivity index (χ4v) is 3.94. The van der Waals surface area contributed by atoms with Gasteiger partial charge in [0.25, 0.3) is 0 Å². The monoisotopic (exact) mass is 347 g/mol. The fraction of sp³-hybridized carbons (Fsp3) is 0.667. The molecule has 0 spiro atoms. The SMILES string of the molecule is C=CCN1CCC(NC(=O)N2C[C@@H](CO)[C@H](c3cnn(C)c3)C2)CC1. The van der Waals surface area contributed by atoms with Gasteiger partial charge in [-0.15, -0.1) is 6.58 Å². The number of aliphatic hydroxyl groups excluding tert-OH is 1. The normalized spacial score (nSPS) is 25.3. The molecular weight excluding hydrogens is 318 g/mol. The molecule has 2 saturated heterocycles. The molecule has 3 heterocycles. The predicted octanol–water partition coefficient (Wildman–Crippen LogP) is 0.788. The van der Waals surface area contributed by atoms with Crippen molar-refractivity contribution in [1.82, 2.24) is 24.9 Å². The van der Waals surface area contributed by atoms with Gasteiger partial charge in [-0.05, 0) is 18.4 Å². The maximum absolute atomic E-state index is 12.6. The minimum Gasteiger partial charge on any atom is -0.396 e. The standard InChI is InChI=1S/C18H29N5O2/c1-3-6-22-7-4-16(5-8-22)20-18(25)23-11-15(13-24)17(12-23)14-9-19-21(2)10-14/h3,9-10,15-17,24H,1,4-8,11-13H2,2H3,(H,20,25)/t15-,17-/m0/s1. The van der Waals surface area contributed by atoms with E-state index in [-0.39, 0.29) is 30.5 Å². The first-order valence-electron chi connectivity index (χ1n) is 9.08. The molecule has 0 unspecified atom stereocenters. The molecule has 2 N–H and O–H groups in total. The van der Waals surface area contributed by atoms with Gasteiger partial charge in [0.1, 0.15) is 0 Å². The van der Waals surface area contributed by atoms with Crippen molar-refractivity contribution >= 4 is 6.03 Å². The number of carbonyl (C=O) groups is 1. The molecule has 7 nitrogen and oxygen atoms in total. The number of aromatic nitrogens is 2. The molecule has 2 atom stereocenters. The minimum absolute atomic E-state index is 0.00740. The van der Waals surface area contributed by atoms with Crippen LogP contribution in [0, 0.1) is 5.92 Å². The highest BCUT2D eigenvalue weighted by molar-refractivity contribution is 5.75. The number of carbonyl (C=O) groups excluding carboxylic acids is 1. The van der Waals surface area contributed by atoms with E-state index in [1.807, 2.05) is 30.4 Å². The van der Waals surface area contributed by atoms with Crippen LogP contribution in [0.4, 0.5) is 4.79 Å². The van der Waals surface area contributed by atoms with Crippen LogP contribution in [-0.2, 0) is 7.05 Å². The number of urea groups is 1. The Balaban J connectivity index is 1.53. The van der Waals surface area contributed by atoms with Crippen molar-refractivity contribution in [3.05, 3.63) is 30.6 Å². The molecule has 2 amide bonds. The van der Waals surface area contributed by atoms with Crippen LogP contribution in [0.15, 0.2) is 25.0 Å². The van der Waals surface area contributed by atoms with Crippen molar-refractivity contribution in [2.24, 2.45) is 13.0 Å². The second-order valence-corrected chi connectivity index (χ2v) is 7.21. The number of rotatable bonds is 5. The fourth-order valence-electron chi connectivity index (χ4n) is 3.94. The van der Waals surface area contributed by atoms with Crippen LogP contribution in [-0.4, -0.2) is 76.1 Å². The summed E-state index contributed by atoms with van der Waals surface area (Å²) in [7, 11) is 1.88. The molecule has 0 aromatic carbocycles. The zero-order valence-corrected chi connectivity index (χ0v) is 15.0. The van der Waals surface area contributed by atoms with E-state index in [0.29, 0.717) is 13.1 Å². The summed E-state index contributed by atoms with van der Waals surface area (Å²) in [6, 6.07) is 0.227. The van der Waals surface area contributed by atoms with Gasteiger partial charge >= 0.3 is 6.03 Å².